The Labute approximate surface area is 124 Å². The average molecular weight is 334 g/mol. The molecule has 1 N–H and O–H groups in total. The number of halogens is 1. The van der Waals surface area contributed by atoms with Crippen LogP contribution < -0.4 is 10.1 Å². The molecule has 0 aromatic heterocycles. The van der Waals surface area contributed by atoms with E-state index in [0.717, 1.165) is 4.47 Å². The molecule has 0 fully saturated rings. The number of carbonyl (C=O) groups excluding carboxylic acids is 2. The number of anilines is 1. The van der Waals surface area contributed by atoms with Gasteiger partial charge in [-0.3, -0.25) is 9.59 Å². The second-order valence-corrected chi connectivity index (χ2v) is 4.91. The van der Waals surface area contributed by atoms with Crippen LogP contribution in [0.1, 0.15) is 17.3 Å². The molecule has 5 heteroatoms. The van der Waals surface area contributed by atoms with E-state index in [2.05, 4.69) is 21.2 Å². The Morgan fingerprint density at radius 2 is 1.85 bits per heavy atom. The van der Waals surface area contributed by atoms with E-state index in [4.69, 9.17) is 4.74 Å². The number of benzene rings is 2. The summed E-state index contributed by atoms with van der Waals surface area (Å²) in [6.07, 6.45) is 0. The smallest absolute Gasteiger partial charge is 0.308 e. The monoisotopic (exact) mass is 333 g/mol. The summed E-state index contributed by atoms with van der Waals surface area (Å²) in [4.78, 5) is 23.0. The van der Waals surface area contributed by atoms with E-state index >= 15 is 0 Å². The molecule has 0 bridgehead atoms. The van der Waals surface area contributed by atoms with Crippen molar-refractivity contribution in [1.29, 1.82) is 0 Å². The number of amides is 1. The minimum atomic E-state index is -0.423. The fourth-order valence-electron chi connectivity index (χ4n) is 1.62. The highest BCUT2D eigenvalue weighted by Crippen LogP contribution is 2.22. The first kappa shape index (κ1) is 14.3. The first-order valence-corrected chi connectivity index (χ1v) is 6.70. The fraction of sp³-hybridized carbons (Fsp3) is 0.0667. The fourth-order valence-corrected chi connectivity index (χ4v) is 2.01. The summed E-state index contributed by atoms with van der Waals surface area (Å²) < 4.78 is 5.75. The van der Waals surface area contributed by atoms with Gasteiger partial charge in [-0.1, -0.05) is 18.2 Å². The molecule has 0 aliphatic heterocycles. The molecule has 20 heavy (non-hydrogen) atoms. The van der Waals surface area contributed by atoms with Gasteiger partial charge < -0.3 is 10.1 Å². The lowest BCUT2D eigenvalue weighted by Gasteiger charge is -2.08. The van der Waals surface area contributed by atoms with Crippen molar-refractivity contribution in [2.24, 2.45) is 0 Å². The van der Waals surface area contributed by atoms with E-state index in [1.807, 2.05) is 18.2 Å². The second kappa shape index (κ2) is 6.34. The molecule has 0 unspecified atom stereocenters. The number of hydrogen-bond donors (Lipinski definition) is 1. The van der Waals surface area contributed by atoms with Crippen molar-refractivity contribution in [2.45, 2.75) is 6.92 Å². The highest BCUT2D eigenvalue weighted by Gasteiger charge is 2.09. The van der Waals surface area contributed by atoms with E-state index in [-0.39, 0.29) is 5.91 Å². The van der Waals surface area contributed by atoms with Crippen LogP contribution in [-0.2, 0) is 4.79 Å². The Morgan fingerprint density at radius 3 is 2.55 bits per heavy atom. The number of nitrogens with one attached hydrogen (secondary N) is 1. The lowest BCUT2D eigenvalue weighted by Crippen LogP contribution is -2.12. The molecule has 0 atom stereocenters. The Balaban J connectivity index is 2.17. The molecular weight excluding hydrogens is 322 g/mol. The number of hydrogen-bond acceptors (Lipinski definition) is 3. The van der Waals surface area contributed by atoms with Crippen molar-refractivity contribution in [3.8, 4) is 5.75 Å². The van der Waals surface area contributed by atoms with Crippen LogP contribution in [0.5, 0.6) is 5.75 Å². The van der Waals surface area contributed by atoms with Crippen molar-refractivity contribution >= 4 is 33.5 Å². The van der Waals surface area contributed by atoms with E-state index in [0.29, 0.717) is 17.0 Å². The van der Waals surface area contributed by atoms with Gasteiger partial charge in [0.15, 0.2) is 0 Å². The summed E-state index contributed by atoms with van der Waals surface area (Å²) in [7, 11) is 0. The lowest BCUT2D eigenvalue weighted by molar-refractivity contribution is -0.131. The average Bonchev–Trinajstić information content (AvgIpc) is 2.41. The largest absolute Gasteiger partial charge is 0.427 e. The van der Waals surface area contributed by atoms with E-state index in [1.165, 1.54) is 13.0 Å². The summed E-state index contributed by atoms with van der Waals surface area (Å²) in [6.45, 7) is 1.31. The molecule has 0 spiro atoms. The Bertz CT molecular complexity index is 655. The zero-order chi connectivity index (χ0) is 14.5. The Morgan fingerprint density at radius 1 is 1.10 bits per heavy atom. The molecule has 0 radical (unpaired) electrons. The molecule has 2 aromatic carbocycles. The minimum absolute atomic E-state index is 0.272. The summed E-state index contributed by atoms with van der Waals surface area (Å²) >= 11 is 3.36. The third kappa shape index (κ3) is 3.68. The predicted octanol–water partition coefficient (Wildman–Crippen LogP) is 3.63. The quantitative estimate of drug-likeness (QED) is 0.689. The molecule has 2 aromatic rings. The summed E-state index contributed by atoms with van der Waals surface area (Å²) in [6, 6.07) is 13.8. The van der Waals surface area contributed by atoms with Gasteiger partial charge in [-0.05, 0) is 46.3 Å². The maximum absolute atomic E-state index is 12.1. The van der Waals surface area contributed by atoms with Crippen LogP contribution >= 0.6 is 15.9 Å². The van der Waals surface area contributed by atoms with E-state index in [1.54, 1.807) is 24.3 Å². The van der Waals surface area contributed by atoms with Gasteiger partial charge >= 0.3 is 5.97 Å². The van der Waals surface area contributed by atoms with Crippen molar-refractivity contribution in [3.05, 3.63) is 58.6 Å². The molecule has 102 valence electrons. The second-order valence-electron chi connectivity index (χ2n) is 4.06. The molecule has 4 nitrogen and oxygen atoms in total. The maximum Gasteiger partial charge on any atom is 0.308 e. The number of carbonyl (C=O) groups is 2. The highest BCUT2D eigenvalue weighted by atomic mass is 79.9. The predicted molar refractivity (Wildman–Crippen MR) is 79.8 cm³/mol. The highest BCUT2D eigenvalue weighted by molar-refractivity contribution is 9.10. The third-order valence-electron chi connectivity index (χ3n) is 2.48. The first-order chi connectivity index (χ1) is 9.56. The normalized spacial score (nSPS) is 9.90. The van der Waals surface area contributed by atoms with Gasteiger partial charge in [0.05, 0.1) is 5.69 Å². The van der Waals surface area contributed by atoms with Gasteiger partial charge in [0.2, 0.25) is 0 Å². The van der Waals surface area contributed by atoms with Crippen LogP contribution in [0, 0.1) is 0 Å². The Hall–Kier alpha value is -2.14. The molecule has 1 amide bonds. The first-order valence-electron chi connectivity index (χ1n) is 5.90. The molecule has 0 aliphatic rings. The molecule has 2 rings (SSSR count). The van der Waals surface area contributed by atoms with Crippen LogP contribution in [0.25, 0.3) is 0 Å². The van der Waals surface area contributed by atoms with Crippen LogP contribution in [0.15, 0.2) is 53.0 Å². The molecule has 0 aliphatic carbocycles. The van der Waals surface area contributed by atoms with Crippen molar-refractivity contribution in [1.82, 2.24) is 0 Å². The van der Waals surface area contributed by atoms with Crippen LogP contribution in [0.3, 0.4) is 0 Å². The minimum Gasteiger partial charge on any atom is -0.427 e. The van der Waals surface area contributed by atoms with Crippen LogP contribution in [-0.4, -0.2) is 11.9 Å². The summed E-state index contributed by atoms with van der Waals surface area (Å²) in [5.74, 6) is -0.350. The van der Waals surface area contributed by atoms with Gasteiger partial charge in [0, 0.05) is 17.0 Å². The topological polar surface area (TPSA) is 55.4 Å². The third-order valence-corrected chi connectivity index (χ3v) is 3.17. The lowest BCUT2D eigenvalue weighted by atomic mass is 10.2. The number of esters is 1. The molecular formula is C15H12BrNO3. The van der Waals surface area contributed by atoms with Crippen molar-refractivity contribution in [2.75, 3.05) is 5.32 Å². The van der Waals surface area contributed by atoms with Gasteiger partial charge in [0.1, 0.15) is 5.75 Å². The molecule has 0 saturated carbocycles. The van der Waals surface area contributed by atoms with Gasteiger partial charge in [-0.25, -0.2) is 0 Å². The van der Waals surface area contributed by atoms with Crippen molar-refractivity contribution in [3.63, 3.8) is 0 Å². The number of ether oxygens (including phenoxy) is 1. The molecule has 0 heterocycles. The van der Waals surface area contributed by atoms with Crippen LogP contribution in [0.2, 0.25) is 0 Å². The Kier molecular flexibility index (Phi) is 4.53. The summed E-state index contributed by atoms with van der Waals surface area (Å²) in [5, 5.41) is 2.78. The van der Waals surface area contributed by atoms with Gasteiger partial charge in [-0.15, -0.1) is 0 Å². The number of rotatable bonds is 3. The van der Waals surface area contributed by atoms with E-state index in [9.17, 15) is 9.59 Å². The zero-order valence-electron chi connectivity index (χ0n) is 10.7. The standard InChI is InChI=1S/C15H12BrNO3/c1-10(18)20-12-6-4-5-11(9-12)15(19)17-14-8-3-2-7-13(14)16/h2-9H,1H3,(H,17,19). The van der Waals surface area contributed by atoms with Crippen molar-refractivity contribution < 1.29 is 14.3 Å². The zero-order valence-corrected chi connectivity index (χ0v) is 12.3. The van der Waals surface area contributed by atoms with Gasteiger partial charge in [-0.2, -0.15) is 0 Å². The number of para-hydroxylation sites is 1. The van der Waals surface area contributed by atoms with E-state index < -0.39 is 5.97 Å². The van der Waals surface area contributed by atoms with Gasteiger partial charge in [0.25, 0.3) is 5.91 Å². The maximum atomic E-state index is 12.1. The van der Waals surface area contributed by atoms with Crippen LogP contribution in [0.4, 0.5) is 5.69 Å². The SMILES string of the molecule is CC(=O)Oc1cccc(C(=O)Nc2ccccc2Br)c1. The summed E-state index contributed by atoms with van der Waals surface area (Å²) in [5.41, 5.74) is 1.09. The molecule has 0 saturated heterocycles.